The van der Waals surface area contributed by atoms with E-state index in [9.17, 15) is 9.65 Å². The molecule has 0 aliphatic carbocycles. The molecule has 6 aromatic rings. The molecule has 1 aromatic heterocycles. The van der Waals surface area contributed by atoms with E-state index in [0.29, 0.717) is 20.7 Å². The fourth-order valence-corrected chi connectivity index (χ4v) is 6.52. The third-order valence-corrected chi connectivity index (χ3v) is 8.97. The molecule has 0 N–H and O–H groups in total. The van der Waals surface area contributed by atoms with Gasteiger partial charge in [-0.25, -0.2) is 4.39 Å². The average molecular weight is 679 g/mol. The van der Waals surface area contributed by atoms with Crippen LogP contribution in [0.4, 0.5) is 21.5 Å². The fraction of sp³-hybridized carbons (Fsp3) is 0.205. The molecular weight excluding hydrogens is 645 g/mol. The highest BCUT2D eigenvalue weighted by molar-refractivity contribution is 9.10. The second kappa shape index (κ2) is 11.4. The number of hydrogen-bond acceptors (Lipinski definition) is 2. The van der Waals surface area contributed by atoms with E-state index in [-0.39, 0.29) is 16.6 Å². The lowest BCUT2D eigenvalue weighted by Gasteiger charge is -2.27. The third kappa shape index (κ3) is 5.86. The Kier molecular flexibility index (Phi) is 7.80. The Morgan fingerprint density at radius 2 is 1.31 bits per heavy atom. The van der Waals surface area contributed by atoms with E-state index in [1.807, 2.05) is 53.4 Å². The van der Waals surface area contributed by atoms with E-state index in [2.05, 4.69) is 105 Å². The van der Waals surface area contributed by atoms with E-state index in [1.54, 1.807) is 0 Å². The number of benzene rings is 5. The van der Waals surface area contributed by atoms with Crippen molar-refractivity contribution < 1.29 is 4.39 Å². The van der Waals surface area contributed by atoms with Gasteiger partial charge in [0.05, 0.1) is 28.0 Å². The summed E-state index contributed by atoms with van der Waals surface area (Å²) in [5, 5.41) is 13.3. The van der Waals surface area contributed by atoms with Gasteiger partial charge in [0, 0.05) is 31.6 Å². The predicted molar refractivity (Wildman–Crippen MR) is 190 cm³/mol. The SMILES string of the molecule is CC(C)(C)c1ccc2c3ccc(C(C)(C)C)cc3n(-c3cc(N(c4cccc(Cl)c4)c4cc(F)cc(Br)c4)ccc3C#N)c2c1. The number of halogens is 3. The van der Waals surface area contributed by atoms with Crippen LogP contribution in [-0.4, -0.2) is 4.57 Å². The van der Waals surface area contributed by atoms with E-state index in [0.717, 1.165) is 38.9 Å². The molecule has 6 rings (SSSR count). The number of nitriles is 1. The highest BCUT2D eigenvalue weighted by atomic mass is 79.9. The number of aromatic nitrogens is 1. The maximum absolute atomic E-state index is 14.8. The number of anilines is 3. The first-order valence-electron chi connectivity index (χ1n) is 14.9. The van der Waals surface area contributed by atoms with Crippen LogP contribution in [-0.2, 0) is 10.8 Å². The van der Waals surface area contributed by atoms with Gasteiger partial charge in [0.1, 0.15) is 11.9 Å². The van der Waals surface area contributed by atoms with Crippen molar-refractivity contribution in [2.24, 2.45) is 0 Å². The second-order valence-corrected chi connectivity index (χ2v) is 14.9. The van der Waals surface area contributed by atoms with Gasteiger partial charge in [0.25, 0.3) is 0 Å². The number of fused-ring (bicyclic) bond motifs is 3. The van der Waals surface area contributed by atoms with Gasteiger partial charge in [-0.15, -0.1) is 0 Å². The van der Waals surface area contributed by atoms with Crippen molar-refractivity contribution in [3.8, 4) is 11.8 Å². The zero-order chi connectivity index (χ0) is 32.3. The lowest BCUT2D eigenvalue weighted by molar-refractivity contribution is 0.591. The molecule has 5 aromatic carbocycles. The van der Waals surface area contributed by atoms with Gasteiger partial charge in [0.2, 0.25) is 0 Å². The molecule has 0 saturated heterocycles. The average Bonchev–Trinajstić information content (AvgIpc) is 3.29. The maximum atomic E-state index is 14.8. The van der Waals surface area contributed by atoms with Gasteiger partial charge in [-0.1, -0.05) is 99.4 Å². The van der Waals surface area contributed by atoms with Crippen LogP contribution in [0.2, 0.25) is 5.02 Å². The molecule has 0 fully saturated rings. The van der Waals surface area contributed by atoms with Crippen molar-refractivity contribution in [2.45, 2.75) is 52.4 Å². The van der Waals surface area contributed by atoms with E-state index in [4.69, 9.17) is 11.6 Å². The molecule has 0 aliphatic heterocycles. The molecule has 6 heteroatoms. The van der Waals surface area contributed by atoms with Crippen LogP contribution >= 0.6 is 27.5 Å². The van der Waals surface area contributed by atoms with E-state index < -0.39 is 0 Å². The highest BCUT2D eigenvalue weighted by Gasteiger charge is 2.23. The summed E-state index contributed by atoms with van der Waals surface area (Å²) in [6, 6.07) is 33.8. The third-order valence-electron chi connectivity index (χ3n) is 8.27. The summed E-state index contributed by atoms with van der Waals surface area (Å²) in [6.45, 7) is 13.3. The van der Waals surface area contributed by atoms with Crippen molar-refractivity contribution in [2.75, 3.05) is 4.90 Å². The molecule has 0 atom stereocenters. The smallest absolute Gasteiger partial charge is 0.126 e. The molecule has 45 heavy (non-hydrogen) atoms. The van der Waals surface area contributed by atoms with Crippen LogP contribution in [0.25, 0.3) is 27.5 Å². The summed E-state index contributed by atoms with van der Waals surface area (Å²) in [6.07, 6.45) is 0. The van der Waals surface area contributed by atoms with Crippen LogP contribution in [0.3, 0.4) is 0 Å². The van der Waals surface area contributed by atoms with Crippen LogP contribution in [0.5, 0.6) is 0 Å². The van der Waals surface area contributed by atoms with Crippen molar-refractivity contribution in [3.63, 3.8) is 0 Å². The minimum absolute atomic E-state index is 0.0693. The van der Waals surface area contributed by atoms with Crippen LogP contribution in [0.1, 0.15) is 58.2 Å². The second-order valence-electron chi connectivity index (χ2n) is 13.6. The lowest BCUT2D eigenvalue weighted by Crippen LogP contribution is -2.12. The molecular formula is C39H34BrClFN3. The first-order valence-corrected chi connectivity index (χ1v) is 16.1. The fourth-order valence-electron chi connectivity index (χ4n) is 5.88. The molecule has 1 heterocycles. The van der Waals surface area contributed by atoms with Gasteiger partial charge in [-0.05, 0) is 88.7 Å². The summed E-state index contributed by atoms with van der Waals surface area (Å²) in [7, 11) is 0. The Hall–Kier alpha value is -4.11. The highest BCUT2D eigenvalue weighted by Crippen LogP contribution is 2.42. The summed E-state index contributed by atoms with van der Waals surface area (Å²) in [5.74, 6) is -0.368. The molecule has 0 aliphatic rings. The summed E-state index contributed by atoms with van der Waals surface area (Å²) in [5.41, 5.74) is 7.75. The van der Waals surface area contributed by atoms with Crippen LogP contribution < -0.4 is 4.90 Å². The number of nitrogens with zero attached hydrogens (tertiary/aromatic N) is 3. The maximum Gasteiger partial charge on any atom is 0.126 e. The van der Waals surface area contributed by atoms with Gasteiger partial charge >= 0.3 is 0 Å². The van der Waals surface area contributed by atoms with Gasteiger partial charge < -0.3 is 9.47 Å². The number of hydrogen-bond donors (Lipinski definition) is 0. The first-order chi connectivity index (χ1) is 21.2. The van der Waals surface area contributed by atoms with Crippen molar-refractivity contribution >= 4 is 66.4 Å². The Morgan fingerprint density at radius 3 is 1.84 bits per heavy atom. The minimum Gasteiger partial charge on any atom is -0.310 e. The zero-order valence-corrected chi connectivity index (χ0v) is 28.6. The minimum atomic E-state index is -0.368. The van der Waals surface area contributed by atoms with Crippen molar-refractivity contribution in [3.05, 3.63) is 129 Å². The molecule has 0 spiro atoms. The quantitative estimate of drug-likeness (QED) is 0.186. The summed E-state index contributed by atoms with van der Waals surface area (Å²) in [4.78, 5) is 1.96. The Labute approximate surface area is 277 Å². The number of rotatable bonds is 4. The molecule has 226 valence electrons. The monoisotopic (exact) mass is 677 g/mol. The molecule has 0 radical (unpaired) electrons. The molecule has 0 bridgehead atoms. The standard InChI is InChI=1S/C39H34BrClFN3/c1-38(2,3)25-11-14-33-34-15-12-26(39(4,5)6)17-37(34)45(36(33)16-25)35-22-31(13-10-24(35)23-43)44(30-9-7-8-28(41)20-30)32-19-27(40)18-29(42)21-32/h7-22H,1-6H3. The summed E-state index contributed by atoms with van der Waals surface area (Å²) >= 11 is 9.93. The van der Waals surface area contributed by atoms with E-state index >= 15 is 0 Å². The summed E-state index contributed by atoms with van der Waals surface area (Å²) < 4.78 is 17.6. The molecule has 0 saturated carbocycles. The van der Waals surface area contributed by atoms with Gasteiger partial charge in [-0.3, -0.25) is 0 Å². The van der Waals surface area contributed by atoms with Crippen molar-refractivity contribution in [1.82, 2.24) is 4.57 Å². The van der Waals surface area contributed by atoms with Gasteiger partial charge in [0.15, 0.2) is 0 Å². The van der Waals surface area contributed by atoms with Crippen LogP contribution in [0.15, 0.2) is 102 Å². The molecule has 3 nitrogen and oxygen atoms in total. The Morgan fingerprint density at radius 1 is 0.711 bits per heavy atom. The molecule has 0 unspecified atom stereocenters. The topological polar surface area (TPSA) is 32.0 Å². The predicted octanol–water partition coefficient (Wildman–Crippen LogP) is 12.3. The first kappa shape index (κ1) is 30.9. The molecule has 0 amide bonds. The van der Waals surface area contributed by atoms with Crippen LogP contribution in [0, 0.1) is 17.1 Å². The van der Waals surface area contributed by atoms with Gasteiger partial charge in [-0.2, -0.15) is 5.26 Å². The Balaban J connectivity index is 1.71. The van der Waals surface area contributed by atoms with E-state index in [1.165, 1.54) is 23.3 Å². The normalized spacial score (nSPS) is 12.1. The zero-order valence-electron chi connectivity index (χ0n) is 26.2. The lowest BCUT2D eigenvalue weighted by atomic mass is 9.86. The van der Waals surface area contributed by atoms with Crippen molar-refractivity contribution in [1.29, 1.82) is 5.26 Å². The Bertz CT molecular complexity index is 2050. The largest absolute Gasteiger partial charge is 0.310 e.